The molecule has 24 heavy (non-hydrogen) atoms. The van der Waals surface area contributed by atoms with Crippen molar-refractivity contribution in [1.82, 2.24) is 10.0 Å². The second-order valence-corrected chi connectivity index (χ2v) is 6.91. The standard InChI is InChI=1S/C13H17N3O7S/c1-8(2)12(13(18)19)15-11(17)7-14-24(22,23)10-6-4-3-5-9(10)16(20)21/h3-6,8,12,14H,7H2,1-2H3,(H,15,17)(H,18,19)/t12-/m0/s1. The number of carboxylic acid groups (broad SMARTS) is 1. The number of hydrogen-bond donors (Lipinski definition) is 3. The zero-order chi connectivity index (χ0) is 18.5. The molecule has 1 aromatic rings. The Morgan fingerprint density at radius 1 is 1.29 bits per heavy atom. The number of carboxylic acids is 1. The Bertz CT molecular complexity index is 746. The maximum absolute atomic E-state index is 12.1. The van der Waals surface area contributed by atoms with Crippen molar-refractivity contribution in [1.29, 1.82) is 0 Å². The molecule has 0 aromatic heterocycles. The van der Waals surface area contributed by atoms with E-state index in [0.717, 1.165) is 12.1 Å². The van der Waals surface area contributed by atoms with Crippen LogP contribution in [-0.2, 0) is 19.6 Å². The highest BCUT2D eigenvalue weighted by Gasteiger charge is 2.27. The summed E-state index contributed by atoms with van der Waals surface area (Å²) in [4.78, 5) is 32.1. The lowest BCUT2D eigenvalue weighted by Gasteiger charge is -2.18. The fourth-order valence-corrected chi connectivity index (χ4v) is 2.96. The maximum Gasteiger partial charge on any atom is 0.326 e. The third-order valence-corrected chi connectivity index (χ3v) is 4.47. The highest BCUT2D eigenvalue weighted by Crippen LogP contribution is 2.22. The summed E-state index contributed by atoms with van der Waals surface area (Å²) in [6, 6.07) is 3.50. The number of carbonyl (C=O) groups is 2. The summed E-state index contributed by atoms with van der Waals surface area (Å²) in [5.41, 5.74) is -0.629. The van der Waals surface area contributed by atoms with Gasteiger partial charge in [0.25, 0.3) is 5.69 Å². The highest BCUT2D eigenvalue weighted by atomic mass is 32.2. The topological polar surface area (TPSA) is 156 Å². The van der Waals surface area contributed by atoms with Gasteiger partial charge in [-0.3, -0.25) is 14.9 Å². The Balaban J connectivity index is 2.85. The molecular weight excluding hydrogens is 342 g/mol. The molecule has 1 atom stereocenters. The van der Waals surface area contributed by atoms with Gasteiger partial charge < -0.3 is 10.4 Å². The van der Waals surface area contributed by atoms with Gasteiger partial charge in [0.15, 0.2) is 4.90 Å². The summed E-state index contributed by atoms with van der Waals surface area (Å²) in [7, 11) is -4.31. The van der Waals surface area contributed by atoms with Gasteiger partial charge in [-0.25, -0.2) is 17.9 Å². The second-order valence-electron chi connectivity index (χ2n) is 5.18. The van der Waals surface area contributed by atoms with E-state index in [2.05, 4.69) is 5.32 Å². The van der Waals surface area contributed by atoms with Crippen LogP contribution in [-0.4, -0.2) is 42.9 Å². The van der Waals surface area contributed by atoms with Gasteiger partial charge in [-0.1, -0.05) is 26.0 Å². The zero-order valence-electron chi connectivity index (χ0n) is 12.9. The Morgan fingerprint density at radius 2 is 1.88 bits per heavy atom. The summed E-state index contributed by atoms with van der Waals surface area (Å²) in [6.07, 6.45) is 0. The minimum absolute atomic E-state index is 0.404. The lowest BCUT2D eigenvalue weighted by Crippen LogP contribution is -2.48. The molecule has 1 aromatic carbocycles. The summed E-state index contributed by atoms with van der Waals surface area (Å²) < 4.78 is 26.1. The molecule has 0 bridgehead atoms. The Labute approximate surface area is 138 Å². The molecule has 0 fully saturated rings. The minimum Gasteiger partial charge on any atom is -0.480 e. The van der Waals surface area contributed by atoms with Crippen LogP contribution in [0.15, 0.2) is 29.2 Å². The van der Waals surface area contributed by atoms with E-state index < -0.39 is 55.9 Å². The first-order valence-corrected chi connectivity index (χ1v) is 8.30. The van der Waals surface area contributed by atoms with Crippen LogP contribution in [0.5, 0.6) is 0 Å². The Morgan fingerprint density at radius 3 is 2.38 bits per heavy atom. The van der Waals surface area contributed by atoms with Gasteiger partial charge in [0.2, 0.25) is 15.9 Å². The van der Waals surface area contributed by atoms with Crippen LogP contribution in [0.25, 0.3) is 0 Å². The molecule has 1 rings (SSSR count). The summed E-state index contributed by atoms with van der Waals surface area (Å²) in [6.45, 7) is 2.41. The van der Waals surface area contributed by atoms with Crippen molar-refractivity contribution in [2.45, 2.75) is 24.8 Å². The molecule has 0 spiro atoms. The van der Waals surface area contributed by atoms with E-state index >= 15 is 0 Å². The van der Waals surface area contributed by atoms with E-state index in [1.165, 1.54) is 12.1 Å². The average Bonchev–Trinajstić information content (AvgIpc) is 2.50. The number of nitro benzene ring substituents is 1. The van der Waals surface area contributed by atoms with E-state index in [-0.39, 0.29) is 0 Å². The quantitative estimate of drug-likeness (QED) is 0.439. The number of benzene rings is 1. The molecule has 0 unspecified atom stereocenters. The van der Waals surface area contributed by atoms with Crippen LogP contribution in [0.4, 0.5) is 5.69 Å². The lowest BCUT2D eigenvalue weighted by atomic mass is 10.1. The van der Waals surface area contributed by atoms with E-state index in [0.29, 0.717) is 0 Å². The minimum atomic E-state index is -4.31. The molecule has 1 amide bonds. The van der Waals surface area contributed by atoms with Crippen LogP contribution in [0, 0.1) is 16.0 Å². The van der Waals surface area contributed by atoms with Crippen LogP contribution >= 0.6 is 0 Å². The van der Waals surface area contributed by atoms with Crippen molar-refractivity contribution in [3.8, 4) is 0 Å². The third kappa shape index (κ3) is 4.99. The van der Waals surface area contributed by atoms with Crippen molar-refractivity contribution in [2.24, 2.45) is 5.92 Å². The first-order chi connectivity index (χ1) is 11.1. The van der Waals surface area contributed by atoms with Crippen molar-refractivity contribution in [3.05, 3.63) is 34.4 Å². The van der Waals surface area contributed by atoms with Crippen LogP contribution in [0.1, 0.15) is 13.8 Å². The third-order valence-electron chi connectivity index (χ3n) is 3.02. The number of rotatable bonds is 8. The molecular formula is C13H17N3O7S. The number of nitro groups is 1. The van der Waals surface area contributed by atoms with E-state index in [1.54, 1.807) is 13.8 Å². The zero-order valence-corrected chi connectivity index (χ0v) is 13.7. The molecule has 0 heterocycles. The van der Waals surface area contributed by atoms with E-state index in [1.807, 2.05) is 4.72 Å². The van der Waals surface area contributed by atoms with Crippen molar-refractivity contribution in [3.63, 3.8) is 0 Å². The molecule has 10 nitrogen and oxygen atoms in total. The number of aliphatic carboxylic acids is 1. The van der Waals surface area contributed by atoms with Crippen LogP contribution < -0.4 is 10.0 Å². The van der Waals surface area contributed by atoms with Gasteiger partial charge >= 0.3 is 5.97 Å². The molecule has 3 N–H and O–H groups in total. The molecule has 0 saturated heterocycles. The first kappa shape index (κ1) is 19.5. The van der Waals surface area contributed by atoms with Crippen LogP contribution in [0.3, 0.4) is 0 Å². The molecule has 0 aliphatic heterocycles. The molecule has 11 heteroatoms. The number of para-hydroxylation sites is 1. The molecule has 0 saturated carbocycles. The number of nitrogens with one attached hydrogen (secondary N) is 2. The van der Waals surface area contributed by atoms with E-state index in [9.17, 15) is 28.1 Å². The lowest BCUT2D eigenvalue weighted by molar-refractivity contribution is -0.387. The molecule has 132 valence electrons. The largest absolute Gasteiger partial charge is 0.480 e. The van der Waals surface area contributed by atoms with Crippen molar-refractivity contribution in [2.75, 3.05) is 6.54 Å². The van der Waals surface area contributed by atoms with Gasteiger partial charge in [-0.2, -0.15) is 0 Å². The SMILES string of the molecule is CC(C)[C@H](NC(=O)CNS(=O)(=O)c1ccccc1[N+](=O)[O-])C(=O)O. The monoisotopic (exact) mass is 359 g/mol. The van der Waals surface area contributed by atoms with Crippen molar-refractivity contribution >= 4 is 27.6 Å². The van der Waals surface area contributed by atoms with Crippen LogP contribution in [0.2, 0.25) is 0 Å². The van der Waals surface area contributed by atoms with Gasteiger partial charge in [-0.05, 0) is 12.0 Å². The first-order valence-electron chi connectivity index (χ1n) is 6.81. The number of hydrogen-bond acceptors (Lipinski definition) is 6. The Hall–Kier alpha value is -2.53. The summed E-state index contributed by atoms with van der Waals surface area (Å²) in [5, 5.41) is 22.0. The van der Waals surface area contributed by atoms with Gasteiger partial charge in [0.05, 0.1) is 11.5 Å². The Kier molecular flexibility index (Phi) is 6.37. The normalized spacial score (nSPS) is 12.6. The summed E-state index contributed by atoms with van der Waals surface area (Å²) >= 11 is 0. The maximum atomic E-state index is 12.1. The number of amides is 1. The molecule has 0 aliphatic rings. The predicted molar refractivity (Wildman–Crippen MR) is 82.7 cm³/mol. The smallest absolute Gasteiger partial charge is 0.326 e. The molecule has 0 radical (unpaired) electrons. The van der Waals surface area contributed by atoms with E-state index in [4.69, 9.17) is 5.11 Å². The fourth-order valence-electron chi connectivity index (χ4n) is 1.81. The van der Waals surface area contributed by atoms with Gasteiger partial charge in [-0.15, -0.1) is 0 Å². The number of carbonyl (C=O) groups excluding carboxylic acids is 1. The second kappa shape index (κ2) is 7.84. The predicted octanol–water partition coefficient (Wildman–Crippen LogP) is 0.0985. The van der Waals surface area contributed by atoms with Gasteiger partial charge in [0.1, 0.15) is 6.04 Å². The average molecular weight is 359 g/mol. The van der Waals surface area contributed by atoms with Crippen molar-refractivity contribution < 1.29 is 28.0 Å². The van der Waals surface area contributed by atoms with Gasteiger partial charge in [0, 0.05) is 6.07 Å². The number of nitrogens with zero attached hydrogens (tertiary/aromatic N) is 1. The molecule has 0 aliphatic carbocycles. The number of sulfonamides is 1. The fraction of sp³-hybridized carbons (Fsp3) is 0.385. The summed E-state index contributed by atoms with van der Waals surface area (Å²) in [5.74, 6) is -2.52. The highest BCUT2D eigenvalue weighted by molar-refractivity contribution is 7.89.